The van der Waals surface area contributed by atoms with E-state index in [0.29, 0.717) is 12.8 Å². The molecule has 1 fully saturated rings. The minimum atomic E-state index is -0.870. The third-order valence-corrected chi connectivity index (χ3v) is 1.99. The number of hydrogen-bond acceptors (Lipinski definition) is 4. The van der Waals surface area contributed by atoms with Crippen LogP contribution in [-0.2, 0) is 9.59 Å². The fraction of sp³-hybridized carbons (Fsp3) is 0.800. The smallest absolute Gasteiger partial charge is 0.303 e. The van der Waals surface area contributed by atoms with Crippen molar-refractivity contribution in [3.63, 3.8) is 0 Å². The minimum absolute atomic E-state index is 0. The Morgan fingerprint density at radius 1 is 0.938 bits per heavy atom. The zero-order valence-electron chi connectivity index (χ0n) is 9.57. The highest BCUT2D eigenvalue weighted by molar-refractivity contribution is 5.67. The van der Waals surface area contributed by atoms with Crippen LogP contribution in [0.4, 0.5) is 0 Å². The molecule has 6 nitrogen and oxygen atoms in total. The van der Waals surface area contributed by atoms with E-state index in [9.17, 15) is 9.59 Å². The van der Waals surface area contributed by atoms with Crippen LogP contribution in [0.1, 0.15) is 38.5 Å². The Labute approximate surface area is 95.6 Å². The highest BCUT2D eigenvalue weighted by Gasteiger charge is 1.99. The molecule has 0 spiro atoms. The van der Waals surface area contributed by atoms with Crippen molar-refractivity contribution in [1.29, 1.82) is 0 Å². The molecule has 0 unspecified atom stereocenters. The molecule has 1 heterocycles. The normalized spacial score (nSPS) is 13.2. The SMILES string of the molecule is C1CCNC1.N.O=C(O)CCCCC(=O)O. The Kier molecular flexibility index (Phi) is 12.9. The first-order valence-electron chi connectivity index (χ1n) is 5.27. The highest BCUT2D eigenvalue weighted by Crippen LogP contribution is 1.98. The Hall–Kier alpha value is -1.14. The van der Waals surface area contributed by atoms with Gasteiger partial charge in [0.05, 0.1) is 0 Å². The van der Waals surface area contributed by atoms with Gasteiger partial charge in [-0.2, -0.15) is 0 Å². The van der Waals surface area contributed by atoms with E-state index in [1.165, 1.54) is 25.9 Å². The number of aliphatic carboxylic acids is 2. The lowest BCUT2D eigenvalue weighted by Gasteiger charge is -1.92. The number of rotatable bonds is 5. The van der Waals surface area contributed by atoms with E-state index < -0.39 is 11.9 Å². The van der Waals surface area contributed by atoms with Crippen molar-refractivity contribution in [3.05, 3.63) is 0 Å². The zero-order chi connectivity index (χ0) is 11.5. The van der Waals surface area contributed by atoms with Crippen LogP contribution in [0.3, 0.4) is 0 Å². The van der Waals surface area contributed by atoms with Gasteiger partial charge in [0.1, 0.15) is 0 Å². The summed E-state index contributed by atoms with van der Waals surface area (Å²) < 4.78 is 0. The van der Waals surface area contributed by atoms with E-state index in [1.54, 1.807) is 0 Å². The van der Waals surface area contributed by atoms with E-state index in [2.05, 4.69) is 5.32 Å². The number of unbranched alkanes of at least 4 members (excludes halogenated alkanes) is 1. The molecule has 1 aliphatic heterocycles. The largest absolute Gasteiger partial charge is 0.481 e. The Balaban J connectivity index is 0. The number of carboxylic acids is 2. The first-order valence-corrected chi connectivity index (χ1v) is 5.27. The second-order valence-corrected chi connectivity index (χ2v) is 3.45. The van der Waals surface area contributed by atoms with Gasteiger partial charge in [0.15, 0.2) is 0 Å². The van der Waals surface area contributed by atoms with Crippen molar-refractivity contribution in [2.45, 2.75) is 38.5 Å². The molecule has 1 rings (SSSR count). The third-order valence-electron chi connectivity index (χ3n) is 1.99. The van der Waals surface area contributed by atoms with Gasteiger partial charge in [-0.05, 0) is 38.8 Å². The van der Waals surface area contributed by atoms with Gasteiger partial charge >= 0.3 is 11.9 Å². The van der Waals surface area contributed by atoms with Crippen molar-refractivity contribution in [2.75, 3.05) is 13.1 Å². The second-order valence-electron chi connectivity index (χ2n) is 3.45. The van der Waals surface area contributed by atoms with Crippen LogP contribution in [0.15, 0.2) is 0 Å². The predicted molar refractivity (Wildman–Crippen MR) is 60.9 cm³/mol. The van der Waals surface area contributed by atoms with E-state index in [0.717, 1.165) is 0 Å². The molecule has 0 aromatic rings. The predicted octanol–water partition coefficient (Wildman–Crippen LogP) is 1.25. The molecule has 0 bridgehead atoms. The third kappa shape index (κ3) is 15.3. The molecular formula is C10H22N2O4. The van der Waals surface area contributed by atoms with Crippen LogP contribution in [0.5, 0.6) is 0 Å². The molecule has 16 heavy (non-hydrogen) atoms. The van der Waals surface area contributed by atoms with Gasteiger partial charge in [0.25, 0.3) is 0 Å². The fourth-order valence-corrected chi connectivity index (χ4v) is 1.18. The quantitative estimate of drug-likeness (QED) is 0.531. The average Bonchev–Trinajstić information content (AvgIpc) is 2.69. The topological polar surface area (TPSA) is 122 Å². The maximum Gasteiger partial charge on any atom is 0.303 e. The van der Waals surface area contributed by atoms with Gasteiger partial charge < -0.3 is 21.7 Å². The van der Waals surface area contributed by atoms with E-state index in [-0.39, 0.29) is 19.0 Å². The van der Waals surface area contributed by atoms with Gasteiger partial charge in [0.2, 0.25) is 0 Å². The Bertz CT molecular complexity index is 170. The average molecular weight is 234 g/mol. The first kappa shape index (κ1) is 17.3. The molecule has 6 heteroatoms. The first-order chi connectivity index (χ1) is 7.13. The molecule has 6 N–H and O–H groups in total. The molecule has 0 saturated carbocycles. The molecule has 0 aromatic heterocycles. The summed E-state index contributed by atoms with van der Waals surface area (Å²) in [4.78, 5) is 19.8. The number of carbonyl (C=O) groups is 2. The van der Waals surface area contributed by atoms with Crippen LogP contribution in [0.25, 0.3) is 0 Å². The second kappa shape index (κ2) is 11.9. The van der Waals surface area contributed by atoms with Gasteiger partial charge in [-0.15, -0.1) is 0 Å². The molecule has 0 aliphatic carbocycles. The lowest BCUT2D eigenvalue weighted by atomic mass is 10.2. The lowest BCUT2D eigenvalue weighted by molar-refractivity contribution is -0.139. The molecule has 96 valence electrons. The van der Waals surface area contributed by atoms with Crippen molar-refractivity contribution in [3.8, 4) is 0 Å². The van der Waals surface area contributed by atoms with Crippen LogP contribution >= 0.6 is 0 Å². The summed E-state index contributed by atoms with van der Waals surface area (Å²) >= 11 is 0. The lowest BCUT2D eigenvalue weighted by Crippen LogP contribution is -2.03. The van der Waals surface area contributed by atoms with Gasteiger partial charge in [0, 0.05) is 12.8 Å². The summed E-state index contributed by atoms with van der Waals surface area (Å²) in [5, 5.41) is 19.5. The van der Waals surface area contributed by atoms with Crippen LogP contribution in [0.2, 0.25) is 0 Å². The molecule has 1 saturated heterocycles. The summed E-state index contributed by atoms with van der Waals surface area (Å²) in [6, 6.07) is 0. The Morgan fingerprint density at radius 2 is 1.31 bits per heavy atom. The highest BCUT2D eigenvalue weighted by atomic mass is 16.4. The summed E-state index contributed by atoms with van der Waals surface area (Å²) in [6.07, 6.45) is 3.80. The van der Waals surface area contributed by atoms with Crippen LogP contribution in [0, 0.1) is 0 Å². The molecular weight excluding hydrogens is 212 g/mol. The van der Waals surface area contributed by atoms with E-state index in [4.69, 9.17) is 10.2 Å². The van der Waals surface area contributed by atoms with Gasteiger partial charge in [-0.25, -0.2) is 0 Å². The molecule has 0 amide bonds. The maximum absolute atomic E-state index is 9.90. The van der Waals surface area contributed by atoms with Gasteiger partial charge in [-0.1, -0.05) is 0 Å². The van der Waals surface area contributed by atoms with E-state index >= 15 is 0 Å². The minimum Gasteiger partial charge on any atom is -0.481 e. The van der Waals surface area contributed by atoms with Crippen LogP contribution < -0.4 is 11.5 Å². The molecule has 1 aliphatic rings. The fourth-order valence-electron chi connectivity index (χ4n) is 1.18. The summed E-state index contributed by atoms with van der Waals surface area (Å²) in [5.41, 5.74) is 0. The van der Waals surface area contributed by atoms with E-state index in [1.807, 2.05) is 0 Å². The molecule has 0 atom stereocenters. The van der Waals surface area contributed by atoms with Crippen molar-refractivity contribution >= 4 is 11.9 Å². The zero-order valence-corrected chi connectivity index (χ0v) is 9.57. The van der Waals surface area contributed by atoms with Gasteiger partial charge in [-0.3, -0.25) is 9.59 Å². The Morgan fingerprint density at radius 3 is 1.50 bits per heavy atom. The maximum atomic E-state index is 9.90. The molecule has 0 radical (unpaired) electrons. The monoisotopic (exact) mass is 234 g/mol. The number of carboxylic acid groups (broad SMARTS) is 2. The number of hydrogen-bond donors (Lipinski definition) is 4. The standard InChI is InChI=1S/C6H10O4.C4H9N.H3N/c7-5(8)3-1-2-4-6(9)10;1-2-4-5-3-1;/h1-4H2,(H,7,8)(H,9,10);5H,1-4H2;1H3. The molecule has 0 aromatic carbocycles. The van der Waals surface area contributed by atoms with Crippen molar-refractivity contribution in [2.24, 2.45) is 0 Å². The van der Waals surface area contributed by atoms with Crippen LogP contribution in [-0.4, -0.2) is 35.2 Å². The summed E-state index contributed by atoms with van der Waals surface area (Å²) in [5.74, 6) is -1.74. The van der Waals surface area contributed by atoms with Crippen molar-refractivity contribution < 1.29 is 19.8 Å². The van der Waals surface area contributed by atoms with Crippen molar-refractivity contribution in [1.82, 2.24) is 11.5 Å². The summed E-state index contributed by atoms with van der Waals surface area (Å²) in [6.45, 7) is 2.50. The number of nitrogens with one attached hydrogen (secondary N) is 1. The summed E-state index contributed by atoms with van der Waals surface area (Å²) in [7, 11) is 0.